The largest absolute Gasteiger partial charge is 0.480 e. The summed E-state index contributed by atoms with van der Waals surface area (Å²) in [6.45, 7) is 1.63. The average molecular weight is 562 g/mol. The molecule has 14 heteroatoms. The number of aromatic nitrogens is 1. The summed E-state index contributed by atoms with van der Waals surface area (Å²) in [5, 5.41) is 27.7. The average Bonchev–Trinajstić information content (AvgIpc) is 3.30. The second-order valence-corrected chi connectivity index (χ2v) is 9.65. The van der Waals surface area contributed by atoms with Gasteiger partial charge in [-0.1, -0.05) is 18.2 Å². The predicted molar refractivity (Wildman–Crippen MR) is 146 cm³/mol. The molecule has 0 fully saturated rings. The van der Waals surface area contributed by atoms with Gasteiger partial charge < -0.3 is 48.3 Å². The molecule has 220 valence electrons. The monoisotopic (exact) mass is 561 g/mol. The van der Waals surface area contributed by atoms with Crippen LogP contribution >= 0.6 is 0 Å². The Hall–Kier alpha value is -4.01. The number of unbranched alkanes of at least 4 members (excludes halogenated alkanes) is 1. The minimum absolute atomic E-state index is 0.107. The number of aromatic amines is 1. The summed E-state index contributed by atoms with van der Waals surface area (Å²) in [4.78, 5) is 64.9. The lowest BCUT2D eigenvalue weighted by molar-refractivity contribution is -0.142. The summed E-state index contributed by atoms with van der Waals surface area (Å²) in [7, 11) is 0. The van der Waals surface area contributed by atoms with Crippen LogP contribution in [0.4, 0.5) is 0 Å². The lowest BCUT2D eigenvalue weighted by Crippen LogP contribution is -2.60. The van der Waals surface area contributed by atoms with E-state index in [0.717, 1.165) is 16.5 Å². The lowest BCUT2D eigenvalue weighted by atomic mass is 10.0. The molecule has 2 aromatic rings. The molecule has 0 spiro atoms. The number of amides is 4. The molecule has 0 aliphatic rings. The zero-order valence-electron chi connectivity index (χ0n) is 22.4. The van der Waals surface area contributed by atoms with Crippen LogP contribution in [0.1, 0.15) is 44.6 Å². The number of para-hydroxylation sites is 1. The number of carbonyl (C=O) groups excluding carboxylic acids is 4. The summed E-state index contributed by atoms with van der Waals surface area (Å²) in [6, 6.07) is 2.29. The van der Waals surface area contributed by atoms with E-state index in [9.17, 15) is 34.2 Å². The first-order chi connectivity index (χ1) is 18.9. The van der Waals surface area contributed by atoms with Crippen LogP contribution in [0.3, 0.4) is 0 Å². The Morgan fingerprint density at radius 1 is 0.950 bits per heavy atom. The van der Waals surface area contributed by atoms with Gasteiger partial charge in [0.2, 0.25) is 23.6 Å². The van der Waals surface area contributed by atoms with Crippen LogP contribution in [0.15, 0.2) is 30.5 Å². The molecule has 0 aliphatic heterocycles. The van der Waals surface area contributed by atoms with Gasteiger partial charge in [-0.15, -0.1) is 0 Å². The molecule has 4 amide bonds. The van der Waals surface area contributed by atoms with Gasteiger partial charge in [-0.3, -0.25) is 19.2 Å². The molecule has 40 heavy (non-hydrogen) atoms. The Morgan fingerprint density at radius 2 is 1.62 bits per heavy atom. The first kappa shape index (κ1) is 32.2. The Bertz CT molecular complexity index is 1180. The number of aliphatic hydroxyl groups is 1. The fourth-order valence-electron chi connectivity index (χ4n) is 4.14. The molecular formula is C26H39N7O7. The SMILES string of the molecule is CC(O)C(NC(=O)C(N)Cc1c[nH]c2ccccc12)C(=O)NC(CCC(N)=O)C(=O)NC(CCCCN)C(=O)O. The van der Waals surface area contributed by atoms with Gasteiger partial charge in [0.25, 0.3) is 0 Å². The Balaban J connectivity index is 2.10. The number of nitrogens with one attached hydrogen (secondary N) is 4. The number of H-pyrrole nitrogens is 1. The first-order valence-corrected chi connectivity index (χ1v) is 13.1. The van der Waals surface area contributed by atoms with E-state index in [1.165, 1.54) is 6.92 Å². The van der Waals surface area contributed by atoms with E-state index in [2.05, 4.69) is 20.9 Å². The number of hydrogen-bond acceptors (Lipinski definition) is 8. The molecular weight excluding hydrogens is 522 g/mol. The number of aliphatic hydroxyl groups excluding tert-OH is 1. The fourth-order valence-corrected chi connectivity index (χ4v) is 4.14. The third-order valence-electron chi connectivity index (χ3n) is 6.39. The van der Waals surface area contributed by atoms with E-state index >= 15 is 0 Å². The van der Waals surface area contributed by atoms with Crippen LogP contribution in [0.25, 0.3) is 10.9 Å². The normalized spacial score (nSPS) is 14.9. The van der Waals surface area contributed by atoms with Gasteiger partial charge in [0.15, 0.2) is 0 Å². The second kappa shape index (κ2) is 15.5. The van der Waals surface area contributed by atoms with E-state index in [0.29, 0.717) is 19.4 Å². The molecule has 0 aliphatic carbocycles. The van der Waals surface area contributed by atoms with Gasteiger partial charge in [0.1, 0.15) is 18.1 Å². The van der Waals surface area contributed by atoms with Crippen LogP contribution in [-0.4, -0.2) is 81.6 Å². The van der Waals surface area contributed by atoms with Crippen molar-refractivity contribution in [3.05, 3.63) is 36.0 Å². The Kier molecular flexibility index (Phi) is 12.5. The number of carboxylic acids is 1. The molecule has 2 rings (SSSR count). The Morgan fingerprint density at radius 3 is 2.25 bits per heavy atom. The van der Waals surface area contributed by atoms with Gasteiger partial charge in [0.05, 0.1) is 12.1 Å². The van der Waals surface area contributed by atoms with Crippen LogP contribution in [0.5, 0.6) is 0 Å². The zero-order chi connectivity index (χ0) is 29.8. The van der Waals surface area contributed by atoms with E-state index in [-0.39, 0.29) is 25.7 Å². The number of hydrogen-bond donors (Lipinski definition) is 9. The van der Waals surface area contributed by atoms with Crippen molar-refractivity contribution < 1.29 is 34.2 Å². The minimum atomic E-state index is -1.50. The quantitative estimate of drug-likeness (QED) is 0.100. The summed E-state index contributed by atoms with van der Waals surface area (Å²) < 4.78 is 0. The highest BCUT2D eigenvalue weighted by Crippen LogP contribution is 2.18. The smallest absolute Gasteiger partial charge is 0.326 e. The summed E-state index contributed by atoms with van der Waals surface area (Å²) >= 11 is 0. The van der Waals surface area contributed by atoms with E-state index in [4.69, 9.17) is 17.2 Å². The maximum absolute atomic E-state index is 13.1. The van der Waals surface area contributed by atoms with E-state index in [1.54, 1.807) is 6.20 Å². The molecule has 0 saturated heterocycles. The molecule has 0 bridgehead atoms. The molecule has 5 atom stereocenters. The molecule has 1 aromatic heterocycles. The molecule has 14 nitrogen and oxygen atoms in total. The van der Waals surface area contributed by atoms with Crippen molar-refractivity contribution in [2.24, 2.45) is 17.2 Å². The predicted octanol–water partition coefficient (Wildman–Crippen LogP) is -1.65. The third-order valence-corrected chi connectivity index (χ3v) is 6.39. The van der Waals surface area contributed by atoms with Crippen molar-refractivity contribution in [2.45, 2.75) is 75.7 Å². The van der Waals surface area contributed by atoms with Crippen molar-refractivity contribution >= 4 is 40.5 Å². The van der Waals surface area contributed by atoms with E-state index in [1.807, 2.05) is 24.3 Å². The van der Waals surface area contributed by atoms with Crippen molar-refractivity contribution in [2.75, 3.05) is 6.54 Å². The molecule has 1 aromatic carbocycles. The Labute approximate surface area is 231 Å². The van der Waals surface area contributed by atoms with Crippen molar-refractivity contribution in [3.8, 4) is 0 Å². The van der Waals surface area contributed by atoms with Crippen molar-refractivity contribution in [1.29, 1.82) is 0 Å². The highest BCUT2D eigenvalue weighted by molar-refractivity contribution is 5.95. The van der Waals surface area contributed by atoms with Gasteiger partial charge in [-0.05, 0) is 57.2 Å². The standard InChI is InChI=1S/C26H39N7O7/c1-14(34)22(33-23(36)17(28)12-15-13-30-18-7-3-2-6-16(15)18)25(38)31-19(9-10-21(29)35)24(37)32-20(26(39)40)8-4-5-11-27/h2-3,6-7,13-14,17,19-20,22,30,34H,4-5,8-12,27-28H2,1H3,(H2,29,35)(H,31,38)(H,32,37)(H,33,36)(H,39,40). The highest BCUT2D eigenvalue weighted by Gasteiger charge is 2.32. The van der Waals surface area contributed by atoms with Crippen molar-refractivity contribution in [3.63, 3.8) is 0 Å². The summed E-state index contributed by atoms with van der Waals surface area (Å²) in [5.74, 6) is -4.52. The maximum atomic E-state index is 13.1. The molecule has 0 saturated carbocycles. The lowest BCUT2D eigenvalue weighted by Gasteiger charge is -2.26. The summed E-state index contributed by atoms with van der Waals surface area (Å²) in [6.07, 6.45) is 1.09. The first-order valence-electron chi connectivity index (χ1n) is 13.1. The van der Waals surface area contributed by atoms with Crippen LogP contribution in [0.2, 0.25) is 0 Å². The maximum Gasteiger partial charge on any atom is 0.326 e. The molecule has 5 unspecified atom stereocenters. The molecule has 0 radical (unpaired) electrons. The number of fused-ring (bicyclic) bond motifs is 1. The number of carboxylic acid groups (broad SMARTS) is 1. The van der Waals surface area contributed by atoms with Gasteiger partial charge in [-0.25, -0.2) is 4.79 Å². The number of aliphatic carboxylic acids is 1. The number of benzene rings is 1. The number of primary amides is 1. The second-order valence-electron chi connectivity index (χ2n) is 9.65. The van der Waals surface area contributed by atoms with Crippen LogP contribution < -0.4 is 33.2 Å². The van der Waals surface area contributed by atoms with Gasteiger partial charge in [-0.2, -0.15) is 0 Å². The number of carbonyl (C=O) groups is 5. The minimum Gasteiger partial charge on any atom is -0.480 e. The number of nitrogens with two attached hydrogens (primary N) is 3. The van der Waals surface area contributed by atoms with Crippen LogP contribution in [-0.2, 0) is 30.4 Å². The van der Waals surface area contributed by atoms with Gasteiger partial charge in [0, 0.05) is 23.5 Å². The molecule has 1 heterocycles. The molecule has 12 N–H and O–H groups in total. The fraction of sp³-hybridized carbons (Fsp3) is 0.500. The summed E-state index contributed by atoms with van der Waals surface area (Å²) in [5.41, 5.74) is 18.4. The highest BCUT2D eigenvalue weighted by atomic mass is 16.4. The van der Waals surface area contributed by atoms with Gasteiger partial charge >= 0.3 is 5.97 Å². The van der Waals surface area contributed by atoms with E-state index < -0.39 is 59.9 Å². The zero-order valence-corrected chi connectivity index (χ0v) is 22.4. The van der Waals surface area contributed by atoms with Crippen molar-refractivity contribution in [1.82, 2.24) is 20.9 Å². The topological polar surface area (TPSA) is 256 Å². The number of rotatable bonds is 17. The van der Waals surface area contributed by atoms with Crippen LogP contribution in [0, 0.1) is 0 Å². The third kappa shape index (κ3) is 9.63.